The maximum atomic E-state index is 4.05. The van der Waals surface area contributed by atoms with Crippen molar-refractivity contribution in [2.45, 2.75) is 0 Å². The summed E-state index contributed by atoms with van der Waals surface area (Å²) in [6.45, 7) is 0. The van der Waals surface area contributed by atoms with Crippen LogP contribution in [0.5, 0.6) is 0 Å². The second-order valence-electron chi connectivity index (χ2n) is 5.07. The van der Waals surface area contributed by atoms with Crippen LogP contribution in [0.3, 0.4) is 0 Å². The normalized spacial score (nSPS) is 11.1. The maximum absolute atomic E-state index is 4.05. The zero-order valence-corrected chi connectivity index (χ0v) is 11.6. The summed E-state index contributed by atoms with van der Waals surface area (Å²) in [5.41, 5.74) is 4.66. The lowest BCUT2D eigenvalue weighted by atomic mass is 10.0. The van der Waals surface area contributed by atoms with Gasteiger partial charge in [-0.3, -0.25) is 0 Å². The first-order valence-corrected chi connectivity index (χ1v) is 6.84. The Labute approximate surface area is 122 Å². The SMILES string of the molecule is Cn1cc(-c2cccc(-n3ccnn3)c2)c2ccccc21. The third-order valence-corrected chi connectivity index (χ3v) is 3.74. The topological polar surface area (TPSA) is 35.6 Å². The van der Waals surface area contributed by atoms with Gasteiger partial charge in [0.05, 0.1) is 18.1 Å². The first kappa shape index (κ1) is 11.9. The van der Waals surface area contributed by atoms with Gasteiger partial charge in [-0.2, -0.15) is 0 Å². The Morgan fingerprint density at radius 1 is 1.00 bits per heavy atom. The minimum atomic E-state index is 1.01. The highest BCUT2D eigenvalue weighted by atomic mass is 15.4. The van der Waals surface area contributed by atoms with E-state index in [9.17, 15) is 0 Å². The standard InChI is InChI=1S/C17H14N4/c1-20-12-16(15-7-2-3-8-17(15)20)13-5-4-6-14(11-13)21-10-9-18-19-21/h2-12H,1H3. The van der Waals surface area contributed by atoms with E-state index in [2.05, 4.69) is 64.5 Å². The van der Waals surface area contributed by atoms with Gasteiger partial charge in [-0.05, 0) is 23.8 Å². The predicted octanol–water partition coefficient (Wildman–Crippen LogP) is 3.43. The lowest BCUT2D eigenvalue weighted by molar-refractivity contribution is 0.803. The zero-order chi connectivity index (χ0) is 14.2. The Hall–Kier alpha value is -2.88. The average Bonchev–Trinajstić information content (AvgIpc) is 3.17. The fraction of sp³-hybridized carbons (Fsp3) is 0.0588. The van der Waals surface area contributed by atoms with Crippen molar-refractivity contribution in [3.8, 4) is 16.8 Å². The number of nitrogens with zero attached hydrogens (tertiary/aromatic N) is 4. The van der Waals surface area contributed by atoms with Crippen LogP contribution >= 0.6 is 0 Å². The molecule has 4 nitrogen and oxygen atoms in total. The predicted molar refractivity (Wildman–Crippen MR) is 83.3 cm³/mol. The molecule has 102 valence electrons. The highest BCUT2D eigenvalue weighted by Crippen LogP contribution is 2.30. The molecule has 0 atom stereocenters. The van der Waals surface area contributed by atoms with E-state index in [1.54, 1.807) is 10.9 Å². The molecule has 0 fully saturated rings. The smallest absolute Gasteiger partial charge is 0.0697 e. The van der Waals surface area contributed by atoms with Crippen LogP contribution in [0.2, 0.25) is 0 Å². The molecule has 0 aliphatic rings. The number of fused-ring (bicyclic) bond motifs is 1. The van der Waals surface area contributed by atoms with Crippen LogP contribution in [0.1, 0.15) is 0 Å². The van der Waals surface area contributed by atoms with E-state index in [1.165, 1.54) is 22.0 Å². The molecule has 0 spiro atoms. The fourth-order valence-electron chi connectivity index (χ4n) is 2.73. The van der Waals surface area contributed by atoms with Crippen molar-refractivity contribution in [1.82, 2.24) is 19.6 Å². The van der Waals surface area contributed by atoms with Gasteiger partial charge < -0.3 is 4.57 Å². The van der Waals surface area contributed by atoms with Crippen molar-refractivity contribution in [3.63, 3.8) is 0 Å². The maximum Gasteiger partial charge on any atom is 0.0697 e. The van der Waals surface area contributed by atoms with E-state index in [0.717, 1.165) is 5.69 Å². The first-order valence-electron chi connectivity index (χ1n) is 6.84. The van der Waals surface area contributed by atoms with E-state index in [0.29, 0.717) is 0 Å². The number of aryl methyl sites for hydroxylation is 1. The Kier molecular flexibility index (Phi) is 2.60. The van der Waals surface area contributed by atoms with Gasteiger partial charge in [-0.25, -0.2) is 4.68 Å². The molecule has 4 aromatic rings. The molecule has 0 saturated carbocycles. The van der Waals surface area contributed by atoms with E-state index < -0.39 is 0 Å². The summed E-state index contributed by atoms with van der Waals surface area (Å²) in [5, 5.41) is 9.17. The molecule has 0 saturated heterocycles. The van der Waals surface area contributed by atoms with Crippen LogP contribution in [-0.2, 0) is 7.05 Å². The van der Waals surface area contributed by atoms with E-state index >= 15 is 0 Å². The van der Waals surface area contributed by atoms with E-state index in [4.69, 9.17) is 0 Å². The van der Waals surface area contributed by atoms with E-state index in [-0.39, 0.29) is 0 Å². The molecule has 4 rings (SSSR count). The molecule has 21 heavy (non-hydrogen) atoms. The van der Waals surface area contributed by atoms with Crippen LogP contribution < -0.4 is 0 Å². The summed E-state index contributed by atoms with van der Waals surface area (Å²) in [5.74, 6) is 0. The molecular weight excluding hydrogens is 260 g/mol. The van der Waals surface area contributed by atoms with Crippen LogP contribution in [0, 0.1) is 0 Å². The lowest BCUT2D eigenvalue weighted by Crippen LogP contribution is -1.94. The number of hydrogen-bond acceptors (Lipinski definition) is 2. The summed E-state index contributed by atoms with van der Waals surface area (Å²) >= 11 is 0. The molecule has 0 unspecified atom stereocenters. The molecule has 0 aliphatic carbocycles. The third kappa shape index (κ3) is 1.92. The van der Waals surface area contributed by atoms with Gasteiger partial charge in [0, 0.05) is 29.7 Å². The lowest BCUT2D eigenvalue weighted by Gasteiger charge is -2.04. The van der Waals surface area contributed by atoms with Crippen molar-refractivity contribution in [2.75, 3.05) is 0 Å². The monoisotopic (exact) mass is 274 g/mol. The molecule has 0 amide bonds. The Balaban J connectivity index is 1.91. The quantitative estimate of drug-likeness (QED) is 0.561. The molecule has 2 aromatic carbocycles. The first-order chi connectivity index (χ1) is 10.3. The fourth-order valence-corrected chi connectivity index (χ4v) is 2.73. The number of aromatic nitrogens is 4. The Morgan fingerprint density at radius 3 is 2.76 bits per heavy atom. The van der Waals surface area contributed by atoms with Gasteiger partial charge in [0.2, 0.25) is 0 Å². The average molecular weight is 274 g/mol. The van der Waals surface area contributed by atoms with Gasteiger partial charge >= 0.3 is 0 Å². The third-order valence-electron chi connectivity index (χ3n) is 3.74. The highest BCUT2D eigenvalue weighted by molar-refractivity contribution is 5.96. The summed E-state index contributed by atoms with van der Waals surface area (Å²) in [6.07, 6.45) is 5.71. The number of para-hydroxylation sites is 1. The summed E-state index contributed by atoms with van der Waals surface area (Å²) in [6, 6.07) is 16.8. The van der Waals surface area contributed by atoms with Crippen LogP contribution in [-0.4, -0.2) is 19.6 Å². The minimum absolute atomic E-state index is 1.01. The van der Waals surface area contributed by atoms with Gasteiger partial charge in [-0.1, -0.05) is 35.5 Å². The van der Waals surface area contributed by atoms with Crippen LogP contribution in [0.4, 0.5) is 0 Å². The number of benzene rings is 2. The summed E-state index contributed by atoms with van der Waals surface area (Å²) in [4.78, 5) is 0. The second-order valence-corrected chi connectivity index (χ2v) is 5.07. The van der Waals surface area contributed by atoms with E-state index in [1.807, 2.05) is 18.3 Å². The Bertz CT molecular complexity index is 904. The van der Waals surface area contributed by atoms with Crippen molar-refractivity contribution < 1.29 is 0 Å². The molecule has 2 aromatic heterocycles. The zero-order valence-electron chi connectivity index (χ0n) is 11.6. The van der Waals surface area contributed by atoms with Crippen molar-refractivity contribution in [2.24, 2.45) is 7.05 Å². The summed E-state index contributed by atoms with van der Waals surface area (Å²) < 4.78 is 3.93. The molecule has 4 heteroatoms. The largest absolute Gasteiger partial charge is 0.350 e. The molecule has 0 bridgehead atoms. The Morgan fingerprint density at radius 2 is 1.90 bits per heavy atom. The van der Waals surface area contributed by atoms with Crippen molar-refractivity contribution in [1.29, 1.82) is 0 Å². The molecule has 0 radical (unpaired) electrons. The van der Waals surface area contributed by atoms with Crippen LogP contribution in [0.25, 0.3) is 27.7 Å². The molecule has 2 heterocycles. The number of rotatable bonds is 2. The number of hydrogen-bond donors (Lipinski definition) is 0. The van der Waals surface area contributed by atoms with Gasteiger partial charge in [-0.15, -0.1) is 5.10 Å². The summed E-state index contributed by atoms with van der Waals surface area (Å²) in [7, 11) is 2.08. The van der Waals surface area contributed by atoms with Crippen molar-refractivity contribution in [3.05, 3.63) is 67.1 Å². The second kappa shape index (κ2) is 4.59. The molecule has 0 aliphatic heterocycles. The van der Waals surface area contributed by atoms with Gasteiger partial charge in [0.15, 0.2) is 0 Å². The van der Waals surface area contributed by atoms with Crippen molar-refractivity contribution >= 4 is 10.9 Å². The highest BCUT2D eigenvalue weighted by Gasteiger charge is 2.09. The van der Waals surface area contributed by atoms with Crippen LogP contribution in [0.15, 0.2) is 67.1 Å². The molecule has 0 N–H and O–H groups in total. The van der Waals surface area contributed by atoms with Gasteiger partial charge in [0.25, 0.3) is 0 Å². The van der Waals surface area contributed by atoms with Gasteiger partial charge in [0.1, 0.15) is 0 Å². The minimum Gasteiger partial charge on any atom is -0.350 e. The molecular formula is C17H14N4.